The summed E-state index contributed by atoms with van der Waals surface area (Å²) in [5.41, 5.74) is 1.24. The summed E-state index contributed by atoms with van der Waals surface area (Å²) in [4.78, 5) is 26.8. The second-order valence-corrected chi connectivity index (χ2v) is 7.10. The molecule has 0 radical (unpaired) electrons. The molecule has 114 valence electrons. The quantitative estimate of drug-likeness (QED) is 0.881. The number of carboxylic acids is 1. The van der Waals surface area contributed by atoms with Crippen LogP contribution in [0.2, 0.25) is 0 Å². The number of amides is 2. The van der Waals surface area contributed by atoms with Gasteiger partial charge in [0.1, 0.15) is 5.00 Å². The van der Waals surface area contributed by atoms with Crippen LogP contribution < -0.4 is 5.32 Å². The Morgan fingerprint density at radius 2 is 2.14 bits per heavy atom. The number of anilines is 1. The lowest BCUT2D eigenvalue weighted by Gasteiger charge is -2.30. The Kier molecular flexibility index (Phi) is 3.89. The first kappa shape index (κ1) is 14.4. The molecule has 2 heterocycles. The fraction of sp³-hybridized carbons (Fsp3) is 0.600. The number of carboxylic acid groups (broad SMARTS) is 1. The summed E-state index contributed by atoms with van der Waals surface area (Å²) in [5.74, 6) is -0.423. The fourth-order valence-corrected chi connectivity index (χ4v) is 4.54. The first-order valence-corrected chi connectivity index (χ1v) is 8.31. The largest absolute Gasteiger partial charge is 0.478 e. The van der Waals surface area contributed by atoms with Gasteiger partial charge in [-0.1, -0.05) is 6.92 Å². The van der Waals surface area contributed by atoms with Gasteiger partial charge in [0.2, 0.25) is 0 Å². The van der Waals surface area contributed by atoms with Crippen LogP contribution in [0, 0.1) is 5.92 Å². The van der Waals surface area contributed by atoms with E-state index in [-0.39, 0.29) is 6.03 Å². The highest BCUT2D eigenvalue weighted by atomic mass is 32.1. The van der Waals surface area contributed by atoms with Crippen LogP contribution in [0.4, 0.5) is 9.80 Å². The number of nitrogens with one attached hydrogen (secondary N) is 1. The first-order valence-electron chi connectivity index (χ1n) is 7.50. The molecular weight excluding hydrogens is 288 g/mol. The third kappa shape index (κ3) is 2.77. The number of hydrogen-bond donors (Lipinski definition) is 2. The third-order valence-corrected chi connectivity index (χ3v) is 5.51. The van der Waals surface area contributed by atoms with E-state index >= 15 is 0 Å². The van der Waals surface area contributed by atoms with Gasteiger partial charge in [-0.05, 0) is 43.6 Å². The average molecular weight is 308 g/mol. The van der Waals surface area contributed by atoms with E-state index < -0.39 is 5.97 Å². The zero-order valence-corrected chi connectivity index (χ0v) is 13.0. The Hall–Kier alpha value is -1.56. The van der Waals surface area contributed by atoms with Crippen molar-refractivity contribution in [1.82, 2.24) is 4.90 Å². The number of rotatable bonds is 2. The lowest BCUT2D eigenvalue weighted by atomic mass is 10.0. The van der Waals surface area contributed by atoms with Gasteiger partial charge in [0.15, 0.2) is 0 Å². The van der Waals surface area contributed by atoms with E-state index in [0.717, 1.165) is 55.6 Å². The third-order valence-electron chi connectivity index (χ3n) is 4.30. The number of urea groups is 1. The molecule has 2 N–H and O–H groups in total. The molecule has 1 atom stereocenters. The molecule has 0 bridgehead atoms. The standard InChI is InChI=1S/C15H20N2O3S/c1-9-4-3-7-17(8-9)15(20)16-13-12(14(18)19)10-5-2-6-11(10)21-13/h9H,2-8H2,1H3,(H,16,20)(H,18,19). The van der Waals surface area contributed by atoms with Crippen LogP contribution >= 0.6 is 11.3 Å². The number of aryl methyl sites for hydroxylation is 1. The predicted octanol–water partition coefficient (Wildman–Crippen LogP) is 3.20. The molecule has 1 unspecified atom stereocenters. The van der Waals surface area contributed by atoms with Crippen LogP contribution in [-0.4, -0.2) is 35.1 Å². The van der Waals surface area contributed by atoms with Gasteiger partial charge in [0.05, 0.1) is 5.56 Å². The van der Waals surface area contributed by atoms with Crippen molar-refractivity contribution < 1.29 is 14.7 Å². The molecule has 1 saturated heterocycles. The Morgan fingerprint density at radius 1 is 1.33 bits per heavy atom. The minimum absolute atomic E-state index is 0.163. The summed E-state index contributed by atoms with van der Waals surface area (Å²) in [7, 11) is 0. The van der Waals surface area contributed by atoms with Gasteiger partial charge in [0.25, 0.3) is 0 Å². The molecule has 1 aromatic rings. The topological polar surface area (TPSA) is 69.6 Å². The van der Waals surface area contributed by atoms with Crippen LogP contribution in [0.1, 0.15) is 47.0 Å². The molecule has 0 saturated carbocycles. The van der Waals surface area contributed by atoms with Crippen LogP contribution in [-0.2, 0) is 12.8 Å². The van der Waals surface area contributed by atoms with Gasteiger partial charge in [-0.25, -0.2) is 9.59 Å². The van der Waals surface area contributed by atoms with E-state index in [1.54, 1.807) is 4.90 Å². The Balaban J connectivity index is 1.78. The van der Waals surface area contributed by atoms with Crippen molar-refractivity contribution in [2.45, 2.75) is 39.0 Å². The van der Waals surface area contributed by atoms with E-state index in [2.05, 4.69) is 12.2 Å². The Labute approximate surface area is 128 Å². The molecule has 1 aliphatic heterocycles. The molecule has 2 aliphatic rings. The van der Waals surface area contributed by atoms with Crippen molar-refractivity contribution in [3.05, 3.63) is 16.0 Å². The van der Waals surface area contributed by atoms with Gasteiger partial charge < -0.3 is 10.0 Å². The van der Waals surface area contributed by atoms with Crippen LogP contribution in [0.15, 0.2) is 0 Å². The van der Waals surface area contributed by atoms with Crippen molar-refractivity contribution in [2.24, 2.45) is 5.92 Å². The molecule has 2 amide bonds. The normalized spacial score (nSPS) is 21.2. The zero-order valence-electron chi connectivity index (χ0n) is 12.1. The van der Waals surface area contributed by atoms with Crippen LogP contribution in [0.3, 0.4) is 0 Å². The smallest absolute Gasteiger partial charge is 0.339 e. The average Bonchev–Trinajstić information content (AvgIpc) is 2.98. The van der Waals surface area contributed by atoms with Gasteiger partial charge in [-0.15, -0.1) is 11.3 Å². The monoisotopic (exact) mass is 308 g/mol. The number of carbonyl (C=O) groups is 2. The summed E-state index contributed by atoms with van der Waals surface area (Å²) in [6.07, 6.45) is 4.92. The Bertz CT molecular complexity index is 582. The summed E-state index contributed by atoms with van der Waals surface area (Å²) in [5, 5.41) is 12.8. The van der Waals surface area contributed by atoms with E-state index in [0.29, 0.717) is 16.5 Å². The van der Waals surface area contributed by atoms with Crippen molar-refractivity contribution in [1.29, 1.82) is 0 Å². The molecule has 1 aliphatic carbocycles. The minimum atomic E-state index is -0.934. The second-order valence-electron chi connectivity index (χ2n) is 5.99. The van der Waals surface area contributed by atoms with Gasteiger partial charge in [-0.2, -0.15) is 0 Å². The lowest BCUT2D eigenvalue weighted by Crippen LogP contribution is -2.41. The van der Waals surface area contributed by atoms with Crippen molar-refractivity contribution in [3.63, 3.8) is 0 Å². The molecule has 0 spiro atoms. The van der Waals surface area contributed by atoms with Crippen LogP contribution in [0.25, 0.3) is 0 Å². The lowest BCUT2D eigenvalue weighted by molar-refractivity contribution is 0.0697. The van der Waals surface area contributed by atoms with Gasteiger partial charge in [0, 0.05) is 18.0 Å². The number of thiophene rings is 1. The fourth-order valence-electron chi connectivity index (χ4n) is 3.27. The maximum Gasteiger partial charge on any atom is 0.339 e. The van der Waals surface area contributed by atoms with Gasteiger partial charge >= 0.3 is 12.0 Å². The molecule has 0 aromatic carbocycles. The predicted molar refractivity (Wildman–Crippen MR) is 82.3 cm³/mol. The first-order chi connectivity index (χ1) is 10.1. The highest BCUT2D eigenvalue weighted by molar-refractivity contribution is 7.17. The van der Waals surface area contributed by atoms with Crippen molar-refractivity contribution in [2.75, 3.05) is 18.4 Å². The summed E-state index contributed by atoms with van der Waals surface area (Å²) in [6, 6.07) is -0.163. The molecule has 21 heavy (non-hydrogen) atoms. The van der Waals surface area contributed by atoms with Crippen LogP contribution in [0.5, 0.6) is 0 Å². The van der Waals surface area contributed by atoms with E-state index in [1.807, 2.05) is 0 Å². The van der Waals surface area contributed by atoms with Crippen molar-refractivity contribution >= 4 is 28.3 Å². The van der Waals surface area contributed by atoms with E-state index in [1.165, 1.54) is 11.3 Å². The summed E-state index contributed by atoms with van der Waals surface area (Å²) in [6.45, 7) is 3.64. The molecule has 1 fully saturated rings. The number of piperidine rings is 1. The summed E-state index contributed by atoms with van der Waals surface area (Å²) >= 11 is 1.43. The number of aromatic carboxylic acids is 1. The maximum absolute atomic E-state index is 12.3. The molecule has 3 rings (SSSR count). The molecule has 5 nitrogen and oxygen atoms in total. The number of fused-ring (bicyclic) bond motifs is 1. The molecule has 1 aromatic heterocycles. The number of nitrogens with zero attached hydrogens (tertiary/aromatic N) is 1. The van der Waals surface area contributed by atoms with E-state index in [9.17, 15) is 14.7 Å². The molecular formula is C15H20N2O3S. The highest BCUT2D eigenvalue weighted by Crippen LogP contribution is 2.39. The van der Waals surface area contributed by atoms with Gasteiger partial charge in [-0.3, -0.25) is 5.32 Å². The molecule has 6 heteroatoms. The minimum Gasteiger partial charge on any atom is -0.478 e. The number of likely N-dealkylation sites (tertiary alicyclic amines) is 1. The van der Waals surface area contributed by atoms with Crippen molar-refractivity contribution in [3.8, 4) is 0 Å². The SMILES string of the molecule is CC1CCCN(C(=O)Nc2sc3c(c2C(=O)O)CCC3)C1. The highest BCUT2D eigenvalue weighted by Gasteiger charge is 2.28. The second kappa shape index (κ2) is 5.67. The summed E-state index contributed by atoms with van der Waals surface area (Å²) < 4.78 is 0. The Morgan fingerprint density at radius 3 is 2.86 bits per heavy atom. The number of carbonyl (C=O) groups excluding carboxylic acids is 1. The van der Waals surface area contributed by atoms with E-state index in [4.69, 9.17) is 0 Å². The number of hydrogen-bond acceptors (Lipinski definition) is 3. The zero-order chi connectivity index (χ0) is 15.0. The maximum atomic E-state index is 12.3.